The lowest BCUT2D eigenvalue weighted by molar-refractivity contribution is 0.417. The van der Waals surface area contributed by atoms with Gasteiger partial charge in [0.2, 0.25) is 0 Å². The molecule has 0 saturated heterocycles. The smallest absolute Gasteiger partial charge is 0.295 e. The number of azo groups is 1. The van der Waals surface area contributed by atoms with Gasteiger partial charge in [0, 0.05) is 16.8 Å². The number of nitrogens with zero attached hydrogens (tertiary/aromatic N) is 2. The molecule has 0 spiro atoms. The summed E-state index contributed by atoms with van der Waals surface area (Å²) >= 11 is 0. The summed E-state index contributed by atoms with van der Waals surface area (Å²) < 4.78 is 71.3. The van der Waals surface area contributed by atoms with E-state index in [0.717, 1.165) is 12.1 Å². The Morgan fingerprint density at radius 2 is 1.57 bits per heavy atom. The molecule has 0 aliphatic rings. The zero-order chi connectivity index (χ0) is 22.3. The van der Waals surface area contributed by atoms with Gasteiger partial charge >= 0.3 is 0 Å². The molecule has 3 aromatic carbocycles. The van der Waals surface area contributed by atoms with Gasteiger partial charge in [0.25, 0.3) is 20.2 Å². The van der Waals surface area contributed by atoms with E-state index in [1.54, 1.807) is 13.0 Å². The second kappa shape index (κ2) is 7.65. The maximum absolute atomic E-state index is 11.9. The zero-order valence-electron chi connectivity index (χ0n) is 15.8. The summed E-state index contributed by atoms with van der Waals surface area (Å²) in [6.45, 7) is 1.73. The molecule has 0 aromatic heterocycles. The van der Waals surface area contributed by atoms with Gasteiger partial charge in [-0.15, -0.1) is 0 Å². The summed E-state index contributed by atoms with van der Waals surface area (Å²) in [6, 6.07) is 9.06. The fourth-order valence-corrected chi connectivity index (χ4v) is 4.32. The van der Waals surface area contributed by atoms with Crippen molar-refractivity contribution in [1.82, 2.24) is 0 Å². The van der Waals surface area contributed by atoms with Crippen LogP contribution in [0.5, 0.6) is 5.75 Å². The fraction of sp³-hybridized carbons (Fsp3) is 0.111. The van der Waals surface area contributed by atoms with E-state index in [0.29, 0.717) is 22.7 Å². The van der Waals surface area contributed by atoms with Crippen molar-refractivity contribution < 1.29 is 30.7 Å². The minimum absolute atomic E-state index is 0.0681. The van der Waals surface area contributed by atoms with Gasteiger partial charge in [-0.1, -0.05) is 12.1 Å². The van der Waals surface area contributed by atoms with Gasteiger partial charge in [-0.05, 0) is 36.8 Å². The lowest BCUT2D eigenvalue weighted by Crippen LogP contribution is -2.03. The Balaban J connectivity index is 2.26. The predicted octanol–water partition coefficient (Wildman–Crippen LogP) is 3.65. The number of anilines is 1. The van der Waals surface area contributed by atoms with Crippen LogP contribution in [0.2, 0.25) is 0 Å². The van der Waals surface area contributed by atoms with Crippen molar-refractivity contribution in [3.63, 3.8) is 0 Å². The molecule has 0 fully saturated rings. The minimum Gasteiger partial charge on any atom is -0.495 e. The van der Waals surface area contributed by atoms with Crippen LogP contribution in [0.25, 0.3) is 10.8 Å². The van der Waals surface area contributed by atoms with Crippen molar-refractivity contribution in [3.05, 3.63) is 48.0 Å². The van der Waals surface area contributed by atoms with Gasteiger partial charge in [0.15, 0.2) is 0 Å². The van der Waals surface area contributed by atoms with E-state index in [2.05, 4.69) is 10.2 Å². The quantitative estimate of drug-likeness (QED) is 0.300. The number of hydrogen-bond donors (Lipinski definition) is 3. The maximum atomic E-state index is 11.9. The molecular weight excluding hydrogens is 434 g/mol. The predicted molar refractivity (Wildman–Crippen MR) is 110 cm³/mol. The first-order chi connectivity index (χ1) is 13.9. The summed E-state index contributed by atoms with van der Waals surface area (Å²) in [7, 11) is -7.98. The summed E-state index contributed by atoms with van der Waals surface area (Å²) in [5, 5.41) is 7.77. The molecule has 0 bridgehead atoms. The van der Waals surface area contributed by atoms with Crippen LogP contribution in [0, 0.1) is 6.92 Å². The normalized spacial score (nSPS) is 12.5. The first-order valence-electron chi connectivity index (χ1n) is 8.29. The fourth-order valence-electron chi connectivity index (χ4n) is 2.90. The lowest BCUT2D eigenvalue weighted by Gasteiger charge is -2.09. The van der Waals surface area contributed by atoms with Crippen LogP contribution in [0.4, 0.5) is 17.1 Å². The highest BCUT2D eigenvalue weighted by Crippen LogP contribution is 2.35. The molecular formula is C18H17N3O7S2. The molecule has 0 amide bonds. The van der Waals surface area contributed by atoms with Gasteiger partial charge in [-0.3, -0.25) is 9.11 Å². The van der Waals surface area contributed by atoms with E-state index < -0.39 is 30.0 Å². The van der Waals surface area contributed by atoms with Crippen molar-refractivity contribution >= 4 is 48.1 Å². The molecule has 12 heteroatoms. The van der Waals surface area contributed by atoms with Crippen molar-refractivity contribution in [2.24, 2.45) is 10.2 Å². The first kappa shape index (κ1) is 21.6. The van der Waals surface area contributed by atoms with Gasteiger partial charge in [0.05, 0.1) is 24.2 Å². The molecule has 3 aromatic rings. The van der Waals surface area contributed by atoms with Crippen LogP contribution in [0.3, 0.4) is 0 Å². The second-order valence-corrected chi connectivity index (χ2v) is 9.11. The number of benzene rings is 3. The lowest BCUT2D eigenvalue weighted by atomic mass is 10.1. The number of hydrogen-bond acceptors (Lipinski definition) is 8. The number of aryl methyl sites for hydroxylation is 1. The van der Waals surface area contributed by atoms with E-state index in [4.69, 9.17) is 10.5 Å². The Labute approximate surface area is 172 Å². The highest BCUT2D eigenvalue weighted by Gasteiger charge is 2.21. The summed E-state index contributed by atoms with van der Waals surface area (Å²) in [5.74, 6) is 0.361. The molecule has 0 heterocycles. The highest BCUT2D eigenvalue weighted by molar-refractivity contribution is 7.86. The average molecular weight is 451 g/mol. The van der Waals surface area contributed by atoms with E-state index >= 15 is 0 Å². The Morgan fingerprint density at radius 1 is 0.900 bits per heavy atom. The molecule has 30 heavy (non-hydrogen) atoms. The molecule has 0 aliphatic heterocycles. The maximum Gasteiger partial charge on any atom is 0.295 e. The van der Waals surface area contributed by atoms with Crippen LogP contribution in [0.1, 0.15) is 5.56 Å². The third-order valence-electron chi connectivity index (χ3n) is 4.28. The van der Waals surface area contributed by atoms with E-state index in [9.17, 15) is 25.9 Å². The Kier molecular flexibility index (Phi) is 5.52. The van der Waals surface area contributed by atoms with Crippen molar-refractivity contribution in [2.45, 2.75) is 16.7 Å². The third kappa shape index (κ3) is 4.26. The van der Waals surface area contributed by atoms with Crippen LogP contribution in [-0.4, -0.2) is 33.1 Å². The molecule has 0 atom stereocenters. The van der Waals surface area contributed by atoms with Gasteiger partial charge in [-0.25, -0.2) is 0 Å². The largest absolute Gasteiger partial charge is 0.495 e. The zero-order valence-corrected chi connectivity index (χ0v) is 17.4. The number of ether oxygens (including phenoxy) is 1. The van der Waals surface area contributed by atoms with Crippen LogP contribution < -0.4 is 10.5 Å². The molecule has 158 valence electrons. The molecule has 4 N–H and O–H groups in total. The van der Waals surface area contributed by atoms with Crippen LogP contribution in [-0.2, 0) is 20.2 Å². The molecule has 0 aliphatic carbocycles. The van der Waals surface area contributed by atoms with Crippen molar-refractivity contribution in [1.29, 1.82) is 0 Å². The second-order valence-electron chi connectivity index (χ2n) is 6.33. The van der Waals surface area contributed by atoms with Crippen LogP contribution in [0.15, 0.2) is 62.5 Å². The third-order valence-corrected chi connectivity index (χ3v) is 6.09. The Hall–Kier alpha value is -3.06. The Morgan fingerprint density at radius 3 is 2.17 bits per heavy atom. The van der Waals surface area contributed by atoms with Crippen LogP contribution >= 0.6 is 0 Å². The van der Waals surface area contributed by atoms with E-state index in [1.807, 2.05) is 0 Å². The molecule has 10 nitrogen and oxygen atoms in total. The number of rotatable bonds is 5. The average Bonchev–Trinajstić information content (AvgIpc) is 2.64. The van der Waals surface area contributed by atoms with Gasteiger partial charge in [-0.2, -0.15) is 27.1 Å². The summed E-state index contributed by atoms with van der Waals surface area (Å²) in [6.07, 6.45) is 0. The first-order valence-corrected chi connectivity index (χ1v) is 11.2. The number of methoxy groups -OCH3 is 1. The molecule has 0 unspecified atom stereocenters. The van der Waals surface area contributed by atoms with Gasteiger partial charge in [0.1, 0.15) is 15.5 Å². The van der Waals surface area contributed by atoms with Crippen molar-refractivity contribution in [3.8, 4) is 5.75 Å². The topological polar surface area (TPSA) is 169 Å². The van der Waals surface area contributed by atoms with E-state index in [1.165, 1.54) is 31.4 Å². The number of nitrogen functional groups attached to an aromatic ring is 1. The minimum atomic E-state index is -4.74. The number of fused-ring (bicyclic) bond motifs is 1. The Bertz CT molecular complexity index is 1400. The van der Waals surface area contributed by atoms with E-state index in [-0.39, 0.29) is 16.5 Å². The van der Waals surface area contributed by atoms with Crippen molar-refractivity contribution in [2.75, 3.05) is 12.8 Å². The highest BCUT2D eigenvalue weighted by atomic mass is 32.2. The summed E-state index contributed by atoms with van der Waals surface area (Å²) in [4.78, 5) is -1.11. The summed E-state index contributed by atoms with van der Waals surface area (Å²) in [5.41, 5.74) is 7.18. The molecule has 3 rings (SSSR count). The SMILES string of the molecule is COc1cc(/N=N/c2cc(S(=O)(=O)O)c3cccc(S(=O)(=O)O)c3c2)c(C)cc1N. The molecule has 0 saturated carbocycles. The van der Waals surface area contributed by atoms with Gasteiger partial charge < -0.3 is 10.5 Å². The monoisotopic (exact) mass is 451 g/mol. The standard InChI is InChI=1S/C18H17N3O7S2/c1-10-6-14(19)16(28-2)9-15(10)21-20-11-7-13-12(18(8-11)30(25,26)27)4-3-5-17(13)29(22,23)24/h3-9H,19H2,1-2H3,(H,22,23,24)(H,25,26,27)/b21-20+. The number of nitrogens with two attached hydrogens (primary N) is 1. The molecule has 0 radical (unpaired) electrons.